The molecule has 1 aliphatic heterocycles. The van der Waals surface area contributed by atoms with Crippen LogP contribution in [0.4, 0.5) is 5.69 Å². The fourth-order valence-electron chi connectivity index (χ4n) is 2.35. The van der Waals surface area contributed by atoms with Crippen LogP contribution in [0.2, 0.25) is 5.02 Å². The average Bonchev–Trinajstić information content (AvgIpc) is 2.81. The number of anilines is 1. The Balaban J connectivity index is 1.98. The number of hydrogen-bond donors (Lipinski definition) is 0. The third-order valence-corrected chi connectivity index (χ3v) is 4.77. The number of carbonyl (C=O) groups excluding carboxylic acids is 1. The molecular formula is C16H14ClNOS. The Morgan fingerprint density at radius 1 is 1.20 bits per heavy atom. The largest absolute Gasteiger partial charge is 0.295 e. The van der Waals surface area contributed by atoms with E-state index in [1.807, 2.05) is 60.4 Å². The molecule has 1 unspecified atom stereocenters. The van der Waals surface area contributed by atoms with E-state index in [9.17, 15) is 4.79 Å². The molecule has 4 heteroatoms. The van der Waals surface area contributed by atoms with Gasteiger partial charge in [0.05, 0.1) is 5.75 Å². The minimum atomic E-state index is 0.0292. The first-order valence-corrected chi connectivity index (χ1v) is 7.83. The molecule has 1 fully saturated rings. The fraction of sp³-hybridized carbons (Fsp3) is 0.188. The van der Waals surface area contributed by atoms with Gasteiger partial charge in [0.1, 0.15) is 5.37 Å². The Morgan fingerprint density at radius 3 is 2.65 bits per heavy atom. The molecule has 0 spiro atoms. The molecule has 0 N–H and O–H groups in total. The standard InChI is InChI=1S/C16H14ClNOS/c1-11-3-2-4-14(9-11)18-15(19)10-20-16(18)12-5-7-13(17)8-6-12/h2-9,16H,10H2,1H3. The van der Waals surface area contributed by atoms with E-state index in [0.717, 1.165) is 16.8 Å². The minimum absolute atomic E-state index is 0.0292. The lowest BCUT2D eigenvalue weighted by molar-refractivity contribution is -0.115. The van der Waals surface area contributed by atoms with Crippen LogP contribution < -0.4 is 4.90 Å². The zero-order valence-corrected chi connectivity index (χ0v) is 12.6. The van der Waals surface area contributed by atoms with Crippen molar-refractivity contribution in [2.24, 2.45) is 0 Å². The van der Waals surface area contributed by atoms with E-state index in [1.54, 1.807) is 11.8 Å². The van der Waals surface area contributed by atoms with Gasteiger partial charge in [0.25, 0.3) is 0 Å². The van der Waals surface area contributed by atoms with E-state index in [1.165, 1.54) is 0 Å². The molecule has 1 saturated heterocycles. The summed E-state index contributed by atoms with van der Waals surface area (Å²) in [4.78, 5) is 14.1. The monoisotopic (exact) mass is 303 g/mol. The van der Waals surface area contributed by atoms with Crippen molar-refractivity contribution in [3.8, 4) is 0 Å². The van der Waals surface area contributed by atoms with E-state index >= 15 is 0 Å². The summed E-state index contributed by atoms with van der Waals surface area (Å²) in [5.74, 6) is 0.668. The highest BCUT2D eigenvalue weighted by atomic mass is 35.5. The van der Waals surface area contributed by atoms with Gasteiger partial charge >= 0.3 is 0 Å². The number of aryl methyl sites for hydroxylation is 1. The van der Waals surface area contributed by atoms with E-state index in [2.05, 4.69) is 0 Å². The first-order valence-electron chi connectivity index (χ1n) is 6.41. The Labute approximate surface area is 127 Å². The molecule has 2 aromatic rings. The summed E-state index contributed by atoms with van der Waals surface area (Å²) in [6, 6.07) is 15.8. The Bertz CT molecular complexity index is 641. The highest BCUT2D eigenvalue weighted by Gasteiger charge is 2.33. The molecule has 102 valence electrons. The number of benzene rings is 2. The summed E-state index contributed by atoms with van der Waals surface area (Å²) in [6.07, 6.45) is 0. The predicted octanol–water partition coefficient (Wildman–Crippen LogP) is 4.43. The number of rotatable bonds is 2. The van der Waals surface area contributed by atoms with Crippen molar-refractivity contribution in [1.29, 1.82) is 0 Å². The van der Waals surface area contributed by atoms with Crippen LogP contribution >= 0.6 is 23.4 Å². The molecule has 2 nitrogen and oxygen atoms in total. The smallest absolute Gasteiger partial charge is 0.238 e. The lowest BCUT2D eigenvalue weighted by Crippen LogP contribution is -2.27. The second kappa shape index (κ2) is 5.51. The van der Waals surface area contributed by atoms with Crippen LogP contribution in [0.1, 0.15) is 16.5 Å². The van der Waals surface area contributed by atoms with Crippen LogP contribution in [-0.4, -0.2) is 11.7 Å². The van der Waals surface area contributed by atoms with E-state index in [0.29, 0.717) is 10.8 Å². The quantitative estimate of drug-likeness (QED) is 0.818. The number of hydrogen-bond acceptors (Lipinski definition) is 2. The highest BCUT2D eigenvalue weighted by Crippen LogP contribution is 2.41. The molecule has 2 aromatic carbocycles. The Morgan fingerprint density at radius 2 is 1.95 bits per heavy atom. The Kier molecular flexibility index (Phi) is 3.72. The average molecular weight is 304 g/mol. The fourth-order valence-corrected chi connectivity index (χ4v) is 3.66. The number of nitrogens with zero attached hydrogens (tertiary/aromatic N) is 1. The van der Waals surface area contributed by atoms with Crippen molar-refractivity contribution in [3.05, 3.63) is 64.7 Å². The van der Waals surface area contributed by atoms with Gasteiger partial charge in [0.2, 0.25) is 5.91 Å². The second-order valence-electron chi connectivity index (χ2n) is 4.82. The second-order valence-corrected chi connectivity index (χ2v) is 6.32. The van der Waals surface area contributed by atoms with Crippen molar-refractivity contribution in [3.63, 3.8) is 0 Å². The summed E-state index contributed by atoms with van der Waals surface area (Å²) in [5, 5.41) is 0.742. The molecular weight excluding hydrogens is 290 g/mol. The van der Waals surface area contributed by atoms with Gasteiger partial charge in [0.15, 0.2) is 0 Å². The zero-order chi connectivity index (χ0) is 14.1. The molecule has 0 radical (unpaired) electrons. The molecule has 3 rings (SSSR count). The maximum atomic E-state index is 12.2. The van der Waals surface area contributed by atoms with Crippen LogP contribution in [0.15, 0.2) is 48.5 Å². The van der Waals surface area contributed by atoms with Gasteiger partial charge in [-0.2, -0.15) is 0 Å². The van der Waals surface area contributed by atoms with Crippen LogP contribution in [0.5, 0.6) is 0 Å². The van der Waals surface area contributed by atoms with Gasteiger partial charge in [-0.25, -0.2) is 0 Å². The van der Waals surface area contributed by atoms with E-state index < -0.39 is 0 Å². The summed E-state index contributed by atoms with van der Waals surface area (Å²) in [5.41, 5.74) is 3.22. The van der Waals surface area contributed by atoms with Crippen LogP contribution in [0, 0.1) is 6.92 Å². The normalized spacial score (nSPS) is 18.6. The predicted molar refractivity (Wildman–Crippen MR) is 85.3 cm³/mol. The van der Waals surface area contributed by atoms with Crippen molar-refractivity contribution in [2.75, 3.05) is 10.7 Å². The first kappa shape index (κ1) is 13.5. The molecule has 1 atom stereocenters. The first-order chi connectivity index (χ1) is 9.65. The van der Waals surface area contributed by atoms with Crippen LogP contribution in [0.25, 0.3) is 0 Å². The topological polar surface area (TPSA) is 20.3 Å². The van der Waals surface area contributed by atoms with Crippen LogP contribution in [-0.2, 0) is 4.79 Å². The lowest BCUT2D eigenvalue weighted by Gasteiger charge is -2.24. The molecule has 1 amide bonds. The van der Waals surface area contributed by atoms with Gasteiger partial charge in [-0.3, -0.25) is 9.69 Å². The number of amides is 1. The molecule has 1 aliphatic rings. The lowest BCUT2D eigenvalue weighted by atomic mass is 10.1. The number of carbonyl (C=O) groups is 1. The van der Waals surface area contributed by atoms with Gasteiger partial charge in [-0.05, 0) is 42.3 Å². The van der Waals surface area contributed by atoms with Crippen molar-refractivity contribution in [1.82, 2.24) is 0 Å². The molecule has 20 heavy (non-hydrogen) atoms. The molecule has 0 aromatic heterocycles. The molecule has 0 bridgehead atoms. The Hall–Kier alpha value is -1.45. The summed E-state index contributed by atoms with van der Waals surface area (Å²) < 4.78 is 0. The zero-order valence-electron chi connectivity index (χ0n) is 11.0. The number of thioether (sulfide) groups is 1. The van der Waals surface area contributed by atoms with Crippen molar-refractivity contribution >= 4 is 35.0 Å². The minimum Gasteiger partial charge on any atom is -0.295 e. The van der Waals surface area contributed by atoms with E-state index in [4.69, 9.17) is 11.6 Å². The molecule has 0 aliphatic carbocycles. The van der Waals surface area contributed by atoms with Gasteiger partial charge < -0.3 is 0 Å². The van der Waals surface area contributed by atoms with E-state index in [-0.39, 0.29) is 11.3 Å². The highest BCUT2D eigenvalue weighted by molar-refractivity contribution is 8.00. The maximum absolute atomic E-state index is 12.2. The maximum Gasteiger partial charge on any atom is 0.238 e. The molecule has 0 saturated carbocycles. The summed E-state index contributed by atoms with van der Waals surface area (Å²) >= 11 is 7.59. The summed E-state index contributed by atoms with van der Waals surface area (Å²) in [7, 11) is 0. The number of halogens is 1. The summed E-state index contributed by atoms with van der Waals surface area (Å²) in [6.45, 7) is 2.04. The third kappa shape index (κ3) is 2.56. The molecule has 1 heterocycles. The van der Waals surface area contributed by atoms with Gasteiger partial charge in [0, 0.05) is 10.7 Å². The van der Waals surface area contributed by atoms with Crippen molar-refractivity contribution < 1.29 is 4.79 Å². The van der Waals surface area contributed by atoms with Crippen LogP contribution in [0.3, 0.4) is 0 Å². The van der Waals surface area contributed by atoms with Gasteiger partial charge in [-0.15, -0.1) is 11.8 Å². The van der Waals surface area contributed by atoms with Crippen molar-refractivity contribution in [2.45, 2.75) is 12.3 Å². The SMILES string of the molecule is Cc1cccc(N2C(=O)CSC2c2ccc(Cl)cc2)c1. The van der Waals surface area contributed by atoms with Gasteiger partial charge in [-0.1, -0.05) is 35.9 Å². The third-order valence-electron chi connectivity index (χ3n) is 3.30.